The molecule has 0 atom stereocenters. The van der Waals surface area contributed by atoms with E-state index in [-0.39, 0.29) is 21.3 Å². The zero-order chi connectivity index (χ0) is 13.3. The van der Waals surface area contributed by atoms with Crippen molar-refractivity contribution in [2.75, 3.05) is 7.11 Å². The Morgan fingerprint density at radius 3 is 2.94 bits per heavy atom. The number of aromatic nitrogens is 1. The molecule has 1 aromatic rings. The minimum Gasteiger partial charge on any atom is -0.465 e. The molecule has 0 spiro atoms. The van der Waals surface area contributed by atoms with E-state index in [1.807, 2.05) is 0 Å². The third-order valence-electron chi connectivity index (χ3n) is 2.82. The molecule has 0 saturated heterocycles. The number of esters is 1. The molecule has 94 valence electrons. The Hall–Kier alpha value is -1.79. The summed E-state index contributed by atoms with van der Waals surface area (Å²) in [6.45, 7) is 0.549. The van der Waals surface area contributed by atoms with Gasteiger partial charge in [0.25, 0.3) is 5.56 Å². The van der Waals surface area contributed by atoms with E-state index in [1.54, 1.807) is 0 Å². The molecule has 0 bridgehead atoms. The van der Waals surface area contributed by atoms with Gasteiger partial charge in [-0.1, -0.05) is 5.11 Å². The van der Waals surface area contributed by atoms with Gasteiger partial charge in [-0.05, 0) is 34.3 Å². The standard InChI is InChI=1S/C10H9BrN4O3/c1-18-10(17)6-5-3-2-4-15(5)9(16)7(11)8(6)13-14-12/h2-4H2,1H3. The number of halogens is 1. The van der Waals surface area contributed by atoms with Gasteiger partial charge in [-0.2, -0.15) is 0 Å². The van der Waals surface area contributed by atoms with Crippen molar-refractivity contribution in [1.82, 2.24) is 4.57 Å². The van der Waals surface area contributed by atoms with Gasteiger partial charge in [-0.3, -0.25) is 4.79 Å². The monoisotopic (exact) mass is 312 g/mol. The quantitative estimate of drug-likeness (QED) is 0.362. The van der Waals surface area contributed by atoms with E-state index in [2.05, 4.69) is 30.7 Å². The lowest BCUT2D eigenvalue weighted by atomic mass is 10.1. The van der Waals surface area contributed by atoms with E-state index in [4.69, 9.17) is 5.53 Å². The van der Waals surface area contributed by atoms with Crippen LogP contribution in [0, 0.1) is 0 Å². The molecule has 18 heavy (non-hydrogen) atoms. The average molecular weight is 313 g/mol. The topological polar surface area (TPSA) is 97.1 Å². The van der Waals surface area contributed by atoms with Crippen LogP contribution in [-0.2, 0) is 17.7 Å². The highest BCUT2D eigenvalue weighted by molar-refractivity contribution is 9.10. The average Bonchev–Trinajstić information content (AvgIpc) is 2.84. The first-order valence-electron chi connectivity index (χ1n) is 5.20. The van der Waals surface area contributed by atoms with Gasteiger partial charge in [0.2, 0.25) is 0 Å². The number of azide groups is 1. The van der Waals surface area contributed by atoms with Gasteiger partial charge in [0, 0.05) is 17.2 Å². The SMILES string of the molecule is COC(=O)c1c(N=[N+]=[N-])c(Br)c(=O)n2c1CCC2. The molecule has 2 heterocycles. The Bertz CT molecular complexity index is 631. The highest BCUT2D eigenvalue weighted by Gasteiger charge is 2.27. The number of carbonyl (C=O) groups is 1. The van der Waals surface area contributed by atoms with Crippen molar-refractivity contribution in [1.29, 1.82) is 0 Å². The summed E-state index contributed by atoms with van der Waals surface area (Å²) in [7, 11) is 1.24. The molecule has 0 aliphatic carbocycles. The first-order valence-corrected chi connectivity index (χ1v) is 5.99. The summed E-state index contributed by atoms with van der Waals surface area (Å²) in [4.78, 5) is 26.4. The van der Waals surface area contributed by atoms with Gasteiger partial charge in [-0.15, -0.1) is 0 Å². The summed E-state index contributed by atoms with van der Waals surface area (Å²) in [6, 6.07) is 0. The van der Waals surface area contributed by atoms with Crippen molar-refractivity contribution in [3.05, 3.63) is 36.5 Å². The predicted molar refractivity (Wildman–Crippen MR) is 66.9 cm³/mol. The van der Waals surface area contributed by atoms with Crippen molar-refractivity contribution in [2.45, 2.75) is 19.4 Å². The summed E-state index contributed by atoms with van der Waals surface area (Å²) in [6.07, 6.45) is 1.35. The van der Waals surface area contributed by atoms with Crippen LogP contribution in [-0.4, -0.2) is 17.6 Å². The summed E-state index contributed by atoms with van der Waals surface area (Å²) >= 11 is 3.08. The van der Waals surface area contributed by atoms with Gasteiger partial charge in [0.15, 0.2) is 0 Å². The van der Waals surface area contributed by atoms with E-state index < -0.39 is 5.97 Å². The molecule has 0 fully saturated rings. The zero-order valence-electron chi connectivity index (χ0n) is 9.51. The molecule has 1 aromatic heterocycles. The van der Waals surface area contributed by atoms with Crippen LogP contribution < -0.4 is 5.56 Å². The van der Waals surface area contributed by atoms with Crippen molar-refractivity contribution >= 4 is 27.6 Å². The van der Waals surface area contributed by atoms with Crippen LogP contribution in [0.3, 0.4) is 0 Å². The largest absolute Gasteiger partial charge is 0.465 e. The third-order valence-corrected chi connectivity index (χ3v) is 3.54. The summed E-state index contributed by atoms with van der Waals surface area (Å²) < 4.78 is 6.28. The normalized spacial score (nSPS) is 12.8. The van der Waals surface area contributed by atoms with Crippen LogP contribution in [0.15, 0.2) is 14.4 Å². The van der Waals surface area contributed by atoms with Crippen molar-refractivity contribution in [3.8, 4) is 0 Å². The molecule has 0 amide bonds. The number of ether oxygens (including phenoxy) is 1. The van der Waals surface area contributed by atoms with Crippen LogP contribution in [0.1, 0.15) is 22.5 Å². The van der Waals surface area contributed by atoms with E-state index in [0.717, 1.165) is 6.42 Å². The Morgan fingerprint density at radius 1 is 1.61 bits per heavy atom. The van der Waals surface area contributed by atoms with Crippen LogP contribution in [0.4, 0.5) is 5.69 Å². The minimum absolute atomic E-state index is 0.00231. The molecular formula is C10H9BrN4O3. The highest BCUT2D eigenvalue weighted by atomic mass is 79.9. The molecule has 0 radical (unpaired) electrons. The van der Waals surface area contributed by atoms with E-state index in [1.165, 1.54) is 11.7 Å². The molecule has 0 N–H and O–H groups in total. The van der Waals surface area contributed by atoms with Crippen LogP contribution in [0.5, 0.6) is 0 Å². The van der Waals surface area contributed by atoms with Crippen molar-refractivity contribution < 1.29 is 9.53 Å². The summed E-state index contributed by atoms with van der Waals surface area (Å²) in [5, 5.41) is 3.43. The second kappa shape index (κ2) is 4.83. The van der Waals surface area contributed by atoms with E-state index >= 15 is 0 Å². The first-order chi connectivity index (χ1) is 8.61. The fourth-order valence-electron chi connectivity index (χ4n) is 2.08. The maximum atomic E-state index is 12.0. The number of nitrogens with zero attached hydrogens (tertiary/aromatic N) is 4. The van der Waals surface area contributed by atoms with Gasteiger partial charge in [0.1, 0.15) is 0 Å². The third kappa shape index (κ3) is 1.79. The van der Waals surface area contributed by atoms with Gasteiger partial charge in [-0.25, -0.2) is 4.79 Å². The molecule has 0 saturated carbocycles. The Kier molecular flexibility index (Phi) is 3.40. The Labute approximate surface area is 110 Å². The number of hydrogen-bond donors (Lipinski definition) is 0. The predicted octanol–water partition coefficient (Wildman–Crippen LogP) is 2.29. The van der Waals surface area contributed by atoms with Gasteiger partial charge in [0.05, 0.1) is 22.8 Å². The lowest BCUT2D eigenvalue weighted by molar-refractivity contribution is 0.0599. The van der Waals surface area contributed by atoms with Gasteiger partial charge >= 0.3 is 5.97 Å². The molecule has 0 aromatic carbocycles. The fraction of sp³-hybridized carbons (Fsp3) is 0.400. The van der Waals surface area contributed by atoms with Crippen LogP contribution in [0.2, 0.25) is 0 Å². The molecule has 0 unspecified atom stereocenters. The lowest BCUT2D eigenvalue weighted by Crippen LogP contribution is -2.23. The Balaban J connectivity index is 2.88. The second-order valence-corrected chi connectivity index (χ2v) is 4.52. The maximum absolute atomic E-state index is 12.0. The second-order valence-electron chi connectivity index (χ2n) is 3.73. The molecular weight excluding hydrogens is 304 g/mol. The fourth-order valence-corrected chi connectivity index (χ4v) is 2.57. The number of fused-ring (bicyclic) bond motifs is 1. The number of pyridine rings is 1. The first kappa shape index (κ1) is 12.7. The zero-order valence-corrected chi connectivity index (χ0v) is 11.1. The molecule has 2 rings (SSSR count). The van der Waals surface area contributed by atoms with Crippen LogP contribution in [0.25, 0.3) is 10.4 Å². The molecule has 1 aliphatic heterocycles. The van der Waals surface area contributed by atoms with Crippen molar-refractivity contribution in [2.24, 2.45) is 5.11 Å². The van der Waals surface area contributed by atoms with Crippen LogP contribution >= 0.6 is 15.9 Å². The molecule has 8 heteroatoms. The van der Waals surface area contributed by atoms with Gasteiger partial charge < -0.3 is 9.30 Å². The summed E-state index contributed by atoms with van der Waals surface area (Å²) in [5.74, 6) is -0.608. The lowest BCUT2D eigenvalue weighted by Gasteiger charge is -2.12. The Morgan fingerprint density at radius 2 is 2.33 bits per heavy atom. The van der Waals surface area contributed by atoms with E-state index in [0.29, 0.717) is 18.7 Å². The molecule has 7 nitrogen and oxygen atoms in total. The van der Waals surface area contributed by atoms with Crippen molar-refractivity contribution in [3.63, 3.8) is 0 Å². The highest BCUT2D eigenvalue weighted by Crippen LogP contribution is 2.32. The van der Waals surface area contributed by atoms with E-state index in [9.17, 15) is 9.59 Å². The number of carbonyl (C=O) groups excluding carboxylic acids is 1. The smallest absolute Gasteiger partial charge is 0.340 e. The number of methoxy groups -OCH3 is 1. The number of hydrogen-bond acceptors (Lipinski definition) is 4. The molecule has 1 aliphatic rings. The minimum atomic E-state index is -0.608. The maximum Gasteiger partial charge on any atom is 0.340 e. The number of rotatable bonds is 2. The summed E-state index contributed by atoms with van der Waals surface area (Å²) in [5.41, 5.74) is 8.98.